The molecule has 8 nitrogen and oxygen atoms in total. The zero-order valence-corrected chi connectivity index (χ0v) is 14.4. The van der Waals surface area contributed by atoms with Crippen LogP contribution < -0.4 is 10.5 Å². The lowest BCUT2D eigenvalue weighted by Gasteiger charge is -2.17. The van der Waals surface area contributed by atoms with Crippen LogP contribution in [-0.4, -0.2) is 52.9 Å². The predicted octanol–water partition coefficient (Wildman–Crippen LogP) is 1.33. The molecule has 0 bridgehead atoms. The summed E-state index contributed by atoms with van der Waals surface area (Å²) in [5.41, 5.74) is 0.993. The van der Waals surface area contributed by atoms with E-state index in [1.807, 2.05) is 14.1 Å². The Labute approximate surface area is 144 Å². The Bertz CT molecular complexity index is 852. The molecule has 132 valence electrons. The van der Waals surface area contributed by atoms with Gasteiger partial charge < -0.3 is 14.2 Å². The standard InChI is InChI=1S/C17H21N5O3/c1-21(2)17-19-12(7-13(23)20-17)11-5-6-22(8-11)16(24)14-15(10-3-4-10)25-9-18-14/h7,9-11H,3-6,8H2,1-2H3,(H,19,20,23). The van der Waals surface area contributed by atoms with E-state index in [-0.39, 0.29) is 17.4 Å². The number of carbonyl (C=O) groups excluding carboxylic acids is 1. The molecule has 1 amide bonds. The van der Waals surface area contributed by atoms with Gasteiger partial charge in [0.2, 0.25) is 5.95 Å². The molecule has 1 saturated heterocycles. The van der Waals surface area contributed by atoms with Crippen molar-refractivity contribution >= 4 is 11.9 Å². The number of anilines is 1. The molecule has 0 radical (unpaired) electrons. The molecule has 0 spiro atoms. The number of amides is 1. The second-order valence-corrected chi connectivity index (χ2v) is 6.96. The molecule has 25 heavy (non-hydrogen) atoms. The minimum atomic E-state index is -0.175. The van der Waals surface area contributed by atoms with Gasteiger partial charge in [0.1, 0.15) is 5.76 Å². The lowest BCUT2D eigenvalue weighted by molar-refractivity contribution is 0.0783. The molecule has 3 heterocycles. The average Bonchev–Trinajstić information content (AvgIpc) is 3.12. The molecule has 1 aliphatic carbocycles. The van der Waals surface area contributed by atoms with E-state index in [9.17, 15) is 9.59 Å². The summed E-state index contributed by atoms with van der Waals surface area (Å²) in [6, 6.07) is 1.53. The highest BCUT2D eigenvalue weighted by atomic mass is 16.3. The molecule has 2 fully saturated rings. The van der Waals surface area contributed by atoms with Crippen LogP contribution in [0.4, 0.5) is 5.95 Å². The van der Waals surface area contributed by atoms with Gasteiger partial charge in [-0.3, -0.25) is 14.6 Å². The normalized spacial score (nSPS) is 20.1. The van der Waals surface area contributed by atoms with Crippen molar-refractivity contribution in [2.75, 3.05) is 32.1 Å². The third kappa shape index (κ3) is 3.04. The monoisotopic (exact) mass is 343 g/mol. The second kappa shape index (κ2) is 6.02. The van der Waals surface area contributed by atoms with Crippen molar-refractivity contribution in [1.29, 1.82) is 0 Å². The number of hydrogen-bond acceptors (Lipinski definition) is 6. The van der Waals surface area contributed by atoms with Crippen molar-refractivity contribution in [2.45, 2.75) is 31.1 Å². The Morgan fingerprint density at radius 2 is 2.12 bits per heavy atom. The van der Waals surface area contributed by atoms with Gasteiger partial charge in [0, 0.05) is 45.1 Å². The van der Waals surface area contributed by atoms with Gasteiger partial charge in [0.05, 0.1) is 5.69 Å². The van der Waals surface area contributed by atoms with Gasteiger partial charge >= 0.3 is 0 Å². The van der Waals surface area contributed by atoms with Crippen LogP contribution in [-0.2, 0) is 0 Å². The maximum absolute atomic E-state index is 12.8. The SMILES string of the molecule is CN(C)c1nc(C2CCN(C(=O)c3ncoc3C3CC3)C2)cc(=O)[nH]1. The van der Waals surface area contributed by atoms with Crippen LogP contribution in [0.2, 0.25) is 0 Å². The van der Waals surface area contributed by atoms with Gasteiger partial charge in [0.25, 0.3) is 11.5 Å². The fourth-order valence-corrected chi connectivity index (χ4v) is 3.27. The van der Waals surface area contributed by atoms with Gasteiger partial charge in [-0.25, -0.2) is 9.97 Å². The van der Waals surface area contributed by atoms with Crippen LogP contribution in [0.25, 0.3) is 0 Å². The number of aromatic nitrogens is 3. The molecule has 2 aliphatic rings. The van der Waals surface area contributed by atoms with E-state index in [4.69, 9.17) is 4.42 Å². The van der Waals surface area contributed by atoms with Crippen LogP contribution in [0.15, 0.2) is 21.7 Å². The van der Waals surface area contributed by atoms with Crippen molar-refractivity contribution < 1.29 is 9.21 Å². The number of carbonyl (C=O) groups is 1. The Morgan fingerprint density at radius 1 is 1.32 bits per heavy atom. The highest BCUT2D eigenvalue weighted by molar-refractivity contribution is 5.93. The van der Waals surface area contributed by atoms with Crippen LogP contribution in [0.5, 0.6) is 0 Å². The fourth-order valence-electron chi connectivity index (χ4n) is 3.27. The first-order valence-corrected chi connectivity index (χ1v) is 8.54. The third-order valence-electron chi connectivity index (χ3n) is 4.81. The number of H-pyrrole nitrogens is 1. The molecule has 1 atom stereocenters. The summed E-state index contributed by atoms with van der Waals surface area (Å²) in [5.74, 6) is 1.56. The molecule has 1 aliphatic heterocycles. The number of nitrogens with one attached hydrogen (secondary N) is 1. The smallest absolute Gasteiger partial charge is 0.276 e. The van der Waals surface area contributed by atoms with Crippen molar-refractivity contribution in [3.8, 4) is 0 Å². The number of hydrogen-bond donors (Lipinski definition) is 1. The Hall–Kier alpha value is -2.64. The topological polar surface area (TPSA) is 95.3 Å². The second-order valence-electron chi connectivity index (χ2n) is 6.96. The Kier molecular flexibility index (Phi) is 3.82. The lowest BCUT2D eigenvalue weighted by atomic mass is 10.1. The summed E-state index contributed by atoms with van der Waals surface area (Å²) in [7, 11) is 3.66. The summed E-state index contributed by atoms with van der Waals surface area (Å²) in [5, 5.41) is 0. The maximum Gasteiger partial charge on any atom is 0.276 e. The van der Waals surface area contributed by atoms with Crippen LogP contribution in [0, 0.1) is 0 Å². The number of oxazole rings is 1. The van der Waals surface area contributed by atoms with Gasteiger partial charge in [-0.15, -0.1) is 0 Å². The van der Waals surface area contributed by atoms with Crippen molar-refractivity contribution in [1.82, 2.24) is 19.9 Å². The van der Waals surface area contributed by atoms with Gasteiger partial charge in [-0.2, -0.15) is 0 Å². The van der Waals surface area contributed by atoms with E-state index in [1.54, 1.807) is 9.80 Å². The minimum absolute atomic E-state index is 0.0567. The minimum Gasteiger partial charge on any atom is -0.447 e. The average molecular weight is 343 g/mol. The van der Waals surface area contributed by atoms with Crippen LogP contribution in [0.3, 0.4) is 0 Å². The van der Waals surface area contributed by atoms with Crippen LogP contribution in [0.1, 0.15) is 53.0 Å². The number of aromatic amines is 1. The molecule has 8 heteroatoms. The lowest BCUT2D eigenvalue weighted by Crippen LogP contribution is -2.29. The Morgan fingerprint density at radius 3 is 2.84 bits per heavy atom. The fraction of sp³-hybridized carbons (Fsp3) is 0.529. The third-order valence-corrected chi connectivity index (χ3v) is 4.81. The number of nitrogens with zero attached hydrogens (tertiary/aromatic N) is 4. The van der Waals surface area contributed by atoms with E-state index < -0.39 is 0 Å². The number of likely N-dealkylation sites (tertiary alicyclic amines) is 1. The molecule has 4 rings (SSSR count). The van der Waals surface area contributed by atoms with Crippen LogP contribution >= 0.6 is 0 Å². The highest BCUT2D eigenvalue weighted by Gasteiger charge is 2.36. The van der Waals surface area contributed by atoms with E-state index in [0.717, 1.165) is 30.7 Å². The van der Waals surface area contributed by atoms with E-state index in [0.29, 0.717) is 30.6 Å². The number of rotatable bonds is 4. The summed E-state index contributed by atoms with van der Waals surface area (Å²) >= 11 is 0. The van der Waals surface area contributed by atoms with Gasteiger partial charge in [0.15, 0.2) is 12.1 Å². The molecule has 1 saturated carbocycles. The quantitative estimate of drug-likeness (QED) is 0.900. The zero-order chi connectivity index (χ0) is 17.6. The van der Waals surface area contributed by atoms with E-state index >= 15 is 0 Å². The zero-order valence-electron chi connectivity index (χ0n) is 14.4. The first-order chi connectivity index (χ1) is 12.0. The molecule has 2 aromatic heterocycles. The van der Waals surface area contributed by atoms with E-state index in [2.05, 4.69) is 15.0 Å². The summed E-state index contributed by atoms with van der Waals surface area (Å²) in [6.07, 6.45) is 4.26. The summed E-state index contributed by atoms with van der Waals surface area (Å²) in [4.78, 5) is 39.6. The maximum atomic E-state index is 12.8. The van der Waals surface area contributed by atoms with Crippen molar-refractivity contribution in [2.24, 2.45) is 0 Å². The van der Waals surface area contributed by atoms with Gasteiger partial charge in [-0.1, -0.05) is 0 Å². The largest absolute Gasteiger partial charge is 0.447 e. The Balaban J connectivity index is 1.52. The molecule has 0 aromatic carbocycles. The molecule has 1 N–H and O–H groups in total. The molecule has 2 aromatic rings. The van der Waals surface area contributed by atoms with Gasteiger partial charge in [-0.05, 0) is 19.3 Å². The predicted molar refractivity (Wildman–Crippen MR) is 90.9 cm³/mol. The first-order valence-electron chi connectivity index (χ1n) is 8.54. The highest BCUT2D eigenvalue weighted by Crippen LogP contribution is 2.42. The first kappa shape index (κ1) is 15.9. The van der Waals surface area contributed by atoms with Crippen molar-refractivity contribution in [3.05, 3.63) is 40.0 Å². The molecular weight excluding hydrogens is 322 g/mol. The molecule has 1 unspecified atom stereocenters. The summed E-state index contributed by atoms with van der Waals surface area (Å²) < 4.78 is 5.42. The summed E-state index contributed by atoms with van der Waals surface area (Å²) in [6.45, 7) is 1.17. The van der Waals surface area contributed by atoms with Crippen molar-refractivity contribution in [3.63, 3.8) is 0 Å². The molecular formula is C17H21N5O3. The van der Waals surface area contributed by atoms with E-state index in [1.165, 1.54) is 12.5 Å².